The standard InChI is InChI=1S/C19H16Br2N2O5/c1-28-19(25)15-14(10-2-6-12(20)7-3-10)17(23(26)27)16(22-18(15)24)11-4-8-13(21)9-5-11/h2-9,14-17H,1H3,(H,22,24). The van der Waals surface area contributed by atoms with E-state index in [0.717, 1.165) is 16.1 Å². The van der Waals surface area contributed by atoms with Crippen LogP contribution in [0.1, 0.15) is 23.1 Å². The van der Waals surface area contributed by atoms with Crippen LogP contribution in [0.15, 0.2) is 57.5 Å². The summed E-state index contributed by atoms with van der Waals surface area (Å²) >= 11 is 6.66. The number of hydrogen-bond acceptors (Lipinski definition) is 5. The van der Waals surface area contributed by atoms with Crippen LogP contribution in [-0.4, -0.2) is 30.0 Å². The first-order valence-corrected chi connectivity index (χ1v) is 9.94. The van der Waals surface area contributed by atoms with Crippen LogP contribution in [-0.2, 0) is 14.3 Å². The Labute approximate surface area is 177 Å². The zero-order valence-electron chi connectivity index (χ0n) is 14.7. The number of carbonyl (C=O) groups is 2. The van der Waals surface area contributed by atoms with E-state index in [1.165, 1.54) is 0 Å². The molecule has 0 aromatic heterocycles. The molecule has 1 heterocycles. The molecule has 0 saturated carbocycles. The quantitative estimate of drug-likeness (QED) is 0.292. The first kappa shape index (κ1) is 20.5. The van der Waals surface area contributed by atoms with Gasteiger partial charge in [-0.2, -0.15) is 0 Å². The number of nitrogens with one attached hydrogen (secondary N) is 1. The van der Waals surface area contributed by atoms with E-state index in [0.29, 0.717) is 11.1 Å². The van der Waals surface area contributed by atoms with Crippen LogP contribution in [0.2, 0.25) is 0 Å². The lowest BCUT2D eigenvalue weighted by atomic mass is 9.73. The molecule has 2 aromatic rings. The molecule has 1 fully saturated rings. The Balaban J connectivity index is 2.15. The number of methoxy groups -OCH3 is 1. The predicted octanol–water partition coefficient (Wildman–Crippen LogP) is 3.60. The van der Waals surface area contributed by atoms with Crippen LogP contribution in [0.3, 0.4) is 0 Å². The number of carbonyl (C=O) groups excluding carboxylic acids is 2. The number of amides is 1. The molecule has 1 aliphatic rings. The fraction of sp³-hybridized carbons (Fsp3) is 0.263. The molecule has 9 heteroatoms. The predicted molar refractivity (Wildman–Crippen MR) is 108 cm³/mol. The van der Waals surface area contributed by atoms with Gasteiger partial charge in [0.2, 0.25) is 11.9 Å². The number of ether oxygens (including phenoxy) is 1. The number of halogens is 2. The zero-order valence-corrected chi connectivity index (χ0v) is 17.8. The SMILES string of the molecule is COC(=O)C1C(=O)NC(c2ccc(Br)cc2)C([N+](=O)[O-])C1c1ccc(Br)cc1. The Bertz CT molecular complexity index is 902. The van der Waals surface area contributed by atoms with E-state index < -0.39 is 40.7 Å². The summed E-state index contributed by atoms with van der Waals surface area (Å²) in [6.07, 6.45) is 0. The number of rotatable bonds is 4. The summed E-state index contributed by atoms with van der Waals surface area (Å²) < 4.78 is 6.38. The lowest BCUT2D eigenvalue weighted by Crippen LogP contribution is -2.56. The van der Waals surface area contributed by atoms with Crippen molar-refractivity contribution in [3.8, 4) is 0 Å². The van der Waals surface area contributed by atoms with Crippen LogP contribution in [0.25, 0.3) is 0 Å². The monoisotopic (exact) mass is 510 g/mol. The van der Waals surface area contributed by atoms with Crippen molar-refractivity contribution in [2.24, 2.45) is 5.92 Å². The lowest BCUT2D eigenvalue weighted by molar-refractivity contribution is -0.534. The Kier molecular flexibility index (Phi) is 6.14. The Morgan fingerprint density at radius 1 is 1.04 bits per heavy atom. The fourth-order valence-electron chi connectivity index (χ4n) is 3.55. The van der Waals surface area contributed by atoms with Gasteiger partial charge in [0.25, 0.3) is 0 Å². The van der Waals surface area contributed by atoms with Crippen molar-refractivity contribution in [1.29, 1.82) is 0 Å². The zero-order chi connectivity index (χ0) is 20.4. The largest absolute Gasteiger partial charge is 0.468 e. The molecule has 0 bridgehead atoms. The van der Waals surface area contributed by atoms with E-state index in [4.69, 9.17) is 4.74 Å². The van der Waals surface area contributed by atoms with Gasteiger partial charge in [0, 0.05) is 13.9 Å². The van der Waals surface area contributed by atoms with Gasteiger partial charge in [0.1, 0.15) is 12.0 Å². The molecule has 1 N–H and O–H groups in total. The molecule has 0 aliphatic carbocycles. The summed E-state index contributed by atoms with van der Waals surface area (Å²) in [5, 5.41) is 14.8. The summed E-state index contributed by atoms with van der Waals surface area (Å²) in [5.74, 6) is -3.68. The molecule has 1 aliphatic heterocycles. The van der Waals surface area contributed by atoms with Gasteiger partial charge in [-0.25, -0.2) is 0 Å². The molecule has 4 unspecified atom stereocenters. The fourth-order valence-corrected chi connectivity index (χ4v) is 4.08. The molecular weight excluding hydrogens is 496 g/mol. The smallest absolute Gasteiger partial charge is 0.319 e. The summed E-state index contributed by atoms with van der Waals surface area (Å²) in [5.41, 5.74) is 1.11. The second-order valence-corrected chi connectivity index (χ2v) is 8.22. The second-order valence-electron chi connectivity index (χ2n) is 6.39. The van der Waals surface area contributed by atoms with Crippen molar-refractivity contribution >= 4 is 43.7 Å². The number of benzene rings is 2. The van der Waals surface area contributed by atoms with Crippen LogP contribution in [0.5, 0.6) is 0 Å². The number of hydrogen-bond donors (Lipinski definition) is 1. The number of nitrogens with zero attached hydrogens (tertiary/aromatic N) is 1. The van der Waals surface area contributed by atoms with Gasteiger partial charge in [-0.3, -0.25) is 19.7 Å². The normalized spacial score (nSPS) is 24.3. The van der Waals surface area contributed by atoms with Crippen LogP contribution in [0.4, 0.5) is 0 Å². The maximum absolute atomic E-state index is 12.8. The summed E-state index contributed by atoms with van der Waals surface area (Å²) in [6, 6.07) is 11.6. The highest BCUT2D eigenvalue weighted by Gasteiger charge is 2.55. The molecule has 7 nitrogen and oxygen atoms in total. The van der Waals surface area contributed by atoms with Crippen molar-refractivity contribution in [1.82, 2.24) is 5.32 Å². The molecule has 28 heavy (non-hydrogen) atoms. The Hall–Kier alpha value is -2.26. The van der Waals surface area contributed by atoms with Crippen molar-refractivity contribution in [2.45, 2.75) is 18.0 Å². The summed E-state index contributed by atoms with van der Waals surface area (Å²) in [4.78, 5) is 36.8. The minimum atomic E-state index is -1.31. The molecule has 4 atom stereocenters. The van der Waals surface area contributed by atoms with E-state index >= 15 is 0 Å². The average Bonchev–Trinajstić information content (AvgIpc) is 2.67. The van der Waals surface area contributed by atoms with E-state index in [9.17, 15) is 19.7 Å². The highest BCUT2D eigenvalue weighted by atomic mass is 79.9. The van der Waals surface area contributed by atoms with E-state index in [1.54, 1.807) is 48.5 Å². The van der Waals surface area contributed by atoms with Gasteiger partial charge in [-0.1, -0.05) is 56.1 Å². The van der Waals surface area contributed by atoms with Gasteiger partial charge >= 0.3 is 5.97 Å². The maximum Gasteiger partial charge on any atom is 0.319 e. The third kappa shape index (κ3) is 3.95. The van der Waals surface area contributed by atoms with Crippen molar-refractivity contribution in [2.75, 3.05) is 7.11 Å². The minimum absolute atomic E-state index is 0.436. The van der Waals surface area contributed by atoms with Crippen LogP contribution in [0, 0.1) is 16.0 Å². The summed E-state index contributed by atoms with van der Waals surface area (Å²) in [6.45, 7) is 0. The Morgan fingerprint density at radius 2 is 1.54 bits per heavy atom. The molecule has 2 aromatic carbocycles. The highest BCUT2D eigenvalue weighted by Crippen LogP contribution is 2.41. The topological polar surface area (TPSA) is 98.5 Å². The van der Waals surface area contributed by atoms with Crippen molar-refractivity contribution in [3.05, 3.63) is 78.7 Å². The Morgan fingerprint density at radius 3 is 2.00 bits per heavy atom. The molecule has 3 rings (SSSR count). The van der Waals surface area contributed by atoms with Gasteiger partial charge < -0.3 is 10.1 Å². The van der Waals surface area contributed by atoms with Gasteiger partial charge in [-0.05, 0) is 35.4 Å². The van der Waals surface area contributed by atoms with E-state index in [-0.39, 0.29) is 0 Å². The maximum atomic E-state index is 12.8. The first-order chi connectivity index (χ1) is 13.3. The summed E-state index contributed by atoms with van der Waals surface area (Å²) in [7, 11) is 1.16. The molecule has 0 radical (unpaired) electrons. The molecular formula is C19H16Br2N2O5. The van der Waals surface area contributed by atoms with Gasteiger partial charge in [0.15, 0.2) is 0 Å². The minimum Gasteiger partial charge on any atom is -0.468 e. The molecule has 0 spiro atoms. The molecule has 1 amide bonds. The molecule has 1 saturated heterocycles. The van der Waals surface area contributed by atoms with Crippen molar-refractivity contribution < 1.29 is 19.2 Å². The molecule has 146 valence electrons. The lowest BCUT2D eigenvalue weighted by Gasteiger charge is -2.37. The second kappa shape index (κ2) is 8.40. The van der Waals surface area contributed by atoms with Crippen LogP contribution < -0.4 is 5.32 Å². The van der Waals surface area contributed by atoms with Crippen LogP contribution >= 0.6 is 31.9 Å². The third-order valence-electron chi connectivity index (χ3n) is 4.83. The number of piperidine rings is 1. The number of esters is 1. The van der Waals surface area contributed by atoms with Gasteiger partial charge in [0.05, 0.1) is 13.0 Å². The van der Waals surface area contributed by atoms with E-state index in [2.05, 4.69) is 37.2 Å². The van der Waals surface area contributed by atoms with Crippen molar-refractivity contribution in [3.63, 3.8) is 0 Å². The first-order valence-electron chi connectivity index (χ1n) is 8.36. The average molecular weight is 512 g/mol. The highest BCUT2D eigenvalue weighted by molar-refractivity contribution is 9.10. The number of nitro groups is 1. The van der Waals surface area contributed by atoms with E-state index in [1.807, 2.05) is 0 Å². The third-order valence-corrected chi connectivity index (χ3v) is 5.89. The van der Waals surface area contributed by atoms with Gasteiger partial charge in [-0.15, -0.1) is 0 Å².